The summed E-state index contributed by atoms with van der Waals surface area (Å²) >= 11 is 0. The van der Waals surface area contributed by atoms with Crippen molar-refractivity contribution in [2.24, 2.45) is 0 Å². The molecule has 0 saturated carbocycles. The predicted octanol–water partition coefficient (Wildman–Crippen LogP) is 5.77. The first-order valence-electron chi connectivity index (χ1n) is 11.3. The maximum absolute atomic E-state index is 13.5. The van der Waals surface area contributed by atoms with E-state index in [1.165, 1.54) is 36.4 Å². The van der Waals surface area contributed by atoms with Gasteiger partial charge in [0.1, 0.15) is 29.5 Å². The molecule has 0 amide bonds. The first kappa shape index (κ1) is 23.3. The van der Waals surface area contributed by atoms with Crippen molar-refractivity contribution in [3.8, 4) is 22.6 Å². The first-order valence-corrected chi connectivity index (χ1v) is 11.3. The summed E-state index contributed by atoms with van der Waals surface area (Å²) in [7, 11) is 0. The summed E-state index contributed by atoms with van der Waals surface area (Å²) < 4.78 is 24.8. The summed E-state index contributed by atoms with van der Waals surface area (Å²) in [5, 5.41) is 13.8. The number of aromatic hydroxyl groups is 1. The molecule has 7 heteroatoms. The lowest BCUT2D eigenvalue weighted by molar-refractivity contribution is 0.223. The van der Waals surface area contributed by atoms with Crippen LogP contribution in [-0.4, -0.2) is 36.2 Å². The maximum atomic E-state index is 13.5. The van der Waals surface area contributed by atoms with Gasteiger partial charge in [-0.2, -0.15) is 0 Å². The Bertz CT molecular complexity index is 1310. The SMILES string of the molecule is CCN(CC)CCOc1ccc(Nc2c(-c3ccc(F)cc3)c(=O)oc3cc(O)ccc23)cc1. The van der Waals surface area contributed by atoms with E-state index in [1.807, 2.05) is 24.3 Å². The van der Waals surface area contributed by atoms with Crippen LogP contribution in [0.4, 0.5) is 15.8 Å². The van der Waals surface area contributed by atoms with Crippen molar-refractivity contribution < 1.29 is 18.7 Å². The number of hydrogen-bond acceptors (Lipinski definition) is 6. The normalized spacial score (nSPS) is 11.2. The van der Waals surface area contributed by atoms with Crippen LogP contribution >= 0.6 is 0 Å². The minimum Gasteiger partial charge on any atom is -0.508 e. The average molecular weight is 463 g/mol. The highest BCUT2D eigenvalue weighted by Gasteiger charge is 2.17. The molecule has 0 atom stereocenters. The van der Waals surface area contributed by atoms with Gasteiger partial charge >= 0.3 is 5.63 Å². The van der Waals surface area contributed by atoms with E-state index in [9.17, 15) is 14.3 Å². The standard InChI is InChI=1S/C27H27FN2O4/c1-3-30(4-2)15-16-33-22-12-9-20(10-13-22)29-26-23-14-11-21(31)17-24(23)34-27(32)25(26)18-5-7-19(28)8-6-18/h5-14,17,29,31H,3-4,15-16H2,1-2H3. The second kappa shape index (κ2) is 10.4. The Hall–Kier alpha value is -3.84. The highest BCUT2D eigenvalue weighted by molar-refractivity contribution is 6.00. The highest BCUT2D eigenvalue weighted by atomic mass is 19.1. The number of rotatable bonds is 9. The minimum absolute atomic E-state index is 0.0117. The molecule has 0 spiro atoms. The number of nitrogens with one attached hydrogen (secondary N) is 1. The number of likely N-dealkylation sites (N-methyl/N-ethyl adjacent to an activating group) is 1. The number of nitrogens with zero attached hydrogens (tertiary/aromatic N) is 1. The van der Waals surface area contributed by atoms with Crippen LogP contribution in [0.2, 0.25) is 0 Å². The summed E-state index contributed by atoms with van der Waals surface area (Å²) in [4.78, 5) is 15.2. The summed E-state index contributed by atoms with van der Waals surface area (Å²) in [5.74, 6) is 0.339. The average Bonchev–Trinajstić information content (AvgIpc) is 2.83. The van der Waals surface area contributed by atoms with Gasteiger partial charge in [0.2, 0.25) is 0 Å². The van der Waals surface area contributed by atoms with E-state index >= 15 is 0 Å². The number of benzene rings is 3. The molecule has 0 saturated heterocycles. The molecule has 0 aliphatic heterocycles. The number of fused-ring (bicyclic) bond motifs is 1. The third-order valence-electron chi connectivity index (χ3n) is 5.72. The van der Waals surface area contributed by atoms with E-state index in [-0.39, 0.29) is 16.9 Å². The van der Waals surface area contributed by atoms with Crippen molar-refractivity contribution in [3.05, 3.63) is 83.0 Å². The van der Waals surface area contributed by atoms with Crippen LogP contribution in [0.15, 0.2) is 75.9 Å². The van der Waals surface area contributed by atoms with Crippen LogP contribution in [0.5, 0.6) is 11.5 Å². The number of phenolic OH excluding ortho intramolecular Hbond substituents is 1. The number of phenols is 1. The third-order valence-corrected chi connectivity index (χ3v) is 5.72. The van der Waals surface area contributed by atoms with Gasteiger partial charge < -0.3 is 24.5 Å². The predicted molar refractivity (Wildman–Crippen MR) is 133 cm³/mol. The van der Waals surface area contributed by atoms with Crippen LogP contribution in [0.3, 0.4) is 0 Å². The monoisotopic (exact) mass is 462 g/mol. The topological polar surface area (TPSA) is 74.9 Å². The van der Waals surface area contributed by atoms with Crippen LogP contribution in [0.25, 0.3) is 22.1 Å². The fraction of sp³-hybridized carbons (Fsp3) is 0.222. The molecule has 0 aliphatic carbocycles. The van der Waals surface area contributed by atoms with Crippen molar-refractivity contribution in [1.82, 2.24) is 4.90 Å². The molecule has 4 aromatic rings. The minimum atomic E-state index is -0.594. The lowest BCUT2D eigenvalue weighted by Gasteiger charge is -2.18. The van der Waals surface area contributed by atoms with E-state index in [2.05, 4.69) is 24.1 Å². The molecule has 2 N–H and O–H groups in total. The third kappa shape index (κ3) is 5.21. The molecule has 34 heavy (non-hydrogen) atoms. The zero-order chi connectivity index (χ0) is 24.1. The molecular formula is C27H27FN2O4. The van der Waals surface area contributed by atoms with E-state index in [0.717, 1.165) is 31.1 Å². The van der Waals surface area contributed by atoms with Gasteiger partial charge in [0.25, 0.3) is 0 Å². The van der Waals surface area contributed by atoms with Crippen molar-refractivity contribution in [2.75, 3.05) is 31.6 Å². The molecule has 0 fully saturated rings. The lowest BCUT2D eigenvalue weighted by Crippen LogP contribution is -2.27. The van der Waals surface area contributed by atoms with Gasteiger partial charge in [0.05, 0.1) is 11.3 Å². The van der Waals surface area contributed by atoms with Gasteiger partial charge in [-0.15, -0.1) is 0 Å². The summed E-state index contributed by atoms with van der Waals surface area (Å²) in [6.45, 7) is 7.66. The van der Waals surface area contributed by atoms with Crippen molar-refractivity contribution in [2.45, 2.75) is 13.8 Å². The largest absolute Gasteiger partial charge is 0.508 e. The summed E-state index contributed by atoms with van der Waals surface area (Å²) in [6.07, 6.45) is 0. The Morgan fingerprint density at radius 2 is 1.71 bits per heavy atom. The Kier molecular flexibility index (Phi) is 7.13. The smallest absolute Gasteiger partial charge is 0.346 e. The van der Waals surface area contributed by atoms with Crippen molar-refractivity contribution >= 4 is 22.3 Å². The Balaban J connectivity index is 1.66. The van der Waals surface area contributed by atoms with Gasteiger partial charge in [-0.1, -0.05) is 26.0 Å². The Labute approximate surface area is 197 Å². The lowest BCUT2D eigenvalue weighted by atomic mass is 10.0. The molecule has 176 valence electrons. The fourth-order valence-corrected chi connectivity index (χ4v) is 3.81. The van der Waals surface area contributed by atoms with Crippen LogP contribution in [0.1, 0.15) is 13.8 Å². The van der Waals surface area contributed by atoms with E-state index < -0.39 is 11.4 Å². The second-order valence-electron chi connectivity index (χ2n) is 7.85. The molecule has 0 bridgehead atoms. The van der Waals surface area contributed by atoms with Gasteiger partial charge in [0.15, 0.2) is 0 Å². The quantitative estimate of drug-likeness (QED) is 0.308. The number of anilines is 2. The van der Waals surface area contributed by atoms with Gasteiger partial charge in [0, 0.05) is 23.7 Å². The zero-order valence-corrected chi connectivity index (χ0v) is 19.2. The van der Waals surface area contributed by atoms with Crippen LogP contribution < -0.4 is 15.7 Å². The fourth-order valence-electron chi connectivity index (χ4n) is 3.81. The molecule has 0 aliphatic rings. The zero-order valence-electron chi connectivity index (χ0n) is 19.2. The van der Waals surface area contributed by atoms with Crippen LogP contribution in [-0.2, 0) is 0 Å². The van der Waals surface area contributed by atoms with E-state index in [1.54, 1.807) is 6.07 Å². The molecule has 0 radical (unpaired) electrons. The van der Waals surface area contributed by atoms with Crippen LogP contribution in [0, 0.1) is 5.82 Å². The highest BCUT2D eigenvalue weighted by Crippen LogP contribution is 2.36. The maximum Gasteiger partial charge on any atom is 0.346 e. The molecule has 1 heterocycles. The summed E-state index contributed by atoms with van der Waals surface area (Å²) in [6, 6.07) is 17.7. The molecule has 0 unspecified atom stereocenters. The molecular weight excluding hydrogens is 435 g/mol. The van der Waals surface area contributed by atoms with Crippen molar-refractivity contribution in [1.29, 1.82) is 0 Å². The van der Waals surface area contributed by atoms with Gasteiger partial charge in [-0.3, -0.25) is 0 Å². The Morgan fingerprint density at radius 1 is 1.00 bits per heavy atom. The van der Waals surface area contributed by atoms with E-state index in [0.29, 0.717) is 23.2 Å². The van der Waals surface area contributed by atoms with Crippen molar-refractivity contribution in [3.63, 3.8) is 0 Å². The van der Waals surface area contributed by atoms with Gasteiger partial charge in [-0.25, -0.2) is 9.18 Å². The first-order chi connectivity index (χ1) is 16.5. The van der Waals surface area contributed by atoms with Gasteiger partial charge in [-0.05, 0) is 67.2 Å². The Morgan fingerprint density at radius 3 is 2.38 bits per heavy atom. The summed E-state index contributed by atoms with van der Waals surface area (Å²) in [5.41, 5.74) is 1.69. The molecule has 4 rings (SSSR count). The number of hydrogen-bond donors (Lipinski definition) is 2. The molecule has 3 aromatic carbocycles. The number of ether oxygens (including phenoxy) is 1. The molecule has 1 aromatic heterocycles. The second-order valence-corrected chi connectivity index (χ2v) is 7.85. The molecule has 6 nitrogen and oxygen atoms in total. The number of halogens is 1. The van der Waals surface area contributed by atoms with E-state index in [4.69, 9.17) is 9.15 Å².